The Morgan fingerprint density at radius 3 is 2.70 bits per heavy atom. The number of carbonyl (C=O) groups is 1. The Morgan fingerprint density at radius 1 is 1.24 bits per heavy atom. The lowest BCUT2D eigenvalue weighted by Crippen LogP contribution is -2.29. The van der Waals surface area contributed by atoms with Crippen molar-refractivity contribution in [3.8, 4) is 5.75 Å². The Morgan fingerprint density at radius 2 is 1.98 bits per heavy atom. The molecule has 246 valence electrons. The summed E-state index contributed by atoms with van der Waals surface area (Å²) in [6.45, 7) is 2.06. The zero-order valence-corrected chi connectivity index (χ0v) is 29.8. The maximum Gasteiger partial charge on any atom is 0.320 e. The van der Waals surface area contributed by atoms with Crippen LogP contribution in [0.5, 0.6) is 5.75 Å². The maximum absolute atomic E-state index is 12.6. The molecule has 4 unspecified atom stereocenters. The first-order valence-electron chi connectivity index (χ1n) is 14.0. The largest absolute Gasteiger partial charge is 0.460 e. The molecule has 2 aromatic heterocycles. The number of nitrogen functional groups attached to an aromatic ring is 1. The van der Waals surface area contributed by atoms with Gasteiger partial charge in [-0.2, -0.15) is 14.8 Å². The van der Waals surface area contributed by atoms with Crippen molar-refractivity contribution in [3.05, 3.63) is 68.9 Å². The molecule has 0 bridgehead atoms. The highest BCUT2D eigenvalue weighted by Gasteiger charge is 2.36. The van der Waals surface area contributed by atoms with Crippen LogP contribution in [0.3, 0.4) is 0 Å². The molecular weight excluding hydrogens is 742 g/mol. The summed E-state index contributed by atoms with van der Waals surface area (Å²) in [6, 6.07) is 12.4. The lowest BCUT2D eigenvalue weighted by atomic mass is 10.1. The van der Waals surface area contributed by atoms with Crippen molar-refractivity contribution in [1.82, 2.24) is 29.4 Å². The normalized spacial score (nSPS) is 18.5. The van der Waals surface area contributed by atoms with E-state index >= 15 is 0 Å². The summed E-state index contributed by atoms with van der Waals surface area (Å²) in [5, 5.41) is 5.61. The fourth-order valence-electron chi connectivity index (χ4n) is 4.73. The number of nitrogens with two attached hydrogens (primary N) is 1. The van der Waals surface area contributed by atoms with E-state index in [0.717, 1.165) is 4.47 Å². The fourth-order valence-corrected chi connectivity index (χ4v) is 6.95. The number of aromatic nitrogens is 4. The fraction of sp³-hybridized carbons (Fsp3) is 0.357. The molecule has 4 N–H and O–H groups in total. The van der Waals surface area contributed by atoms with Crippen molar-refractivity contribution in [2.24, 2.45) is 5.92 Å². The maximum atomic E-state index is 12.6. The van der Waals surface area contributed by atoms with Crippen molar-refractivity contribution < 1.29 is 23.3 Å². The van der Waals surface area contributed by atoms with Gasteiger partial charge in [-0.1, -0.05) is 64.1 Å². The molecular formula is C28H32BrCl2N8O5PS. The minimum absolute atomic E-state index is 0.0636. The monoisotopic (exact) mass is 772 g/mol. The van der Waals surface area contributed by atoms with Crippen LogP contribution in [0.25, 0.3) is 11.2 Å². The first kappa shape index (κ1) is 34.9. The Balaban J connectivity index is 1.23. The summed E-state index contributed by atoms with van der Waals surface area (Å²) in [5.74, 6) is 0.820. The number of hydrogen-bond acceptors (Lipinski definition) is 13. The molecule has 13 nitrogen and oxygen atoms in total. The van der Waals surface area contributed by atoms with Crippen molar-refractivity contribution in [2.45, 2.75) is 32.3 Å². The van der Waals surface area contributed by atoms with E-state index in [-0.39, 0.29) is 44.0 Å². The number of nitrogens with zero attached hydrogens (tertiary/aromatic N) is 5. The second kappa shape index (κ2) is 16.1. The molecule has 0 spiro atoms. The first-order valence-corrected chi connectivity index (χ1v) is 17.9. The number of esters is 1. The van der Waals surface area contributed by atoms with Crippen molar-refractivity contribution >= 4 is 88.5 Å². The van der Waals surface area contributed by atoms with Crippen LogP contribution in [0.1, 0.15) is 25.1 Å². The van der Waals surface area contributed by atoms with Gasteiger partial charge in [0.15, 0.2) is 17.0 Å². The highest BCUT2D eigenvalue weighted by atomic mass is 79.9. The number of hydrazine groups is 1. The van der Waals surface area contributed by atoms with Gasteiger partial charge in [0.25, 0.3) is 0 Å². The van der Waals surface area contributed by atoms with Crippen LogP contribution in [-0.2, 0) is 25.4 Å². The van der Waals surface area contributed by atoms with Crippen LogP contribution in [0, 0.1) is 5.92 Å². The summed E-state index contributed by atoms with van der Waals surface area (Å²) < 4.78 is 26.8. The first-order chi connectivity index (χ1) is 22.1. The van der Waals surface area contributed by atoms with Gasteiger partial charge in [-0.3, -0.25) is 14.4 Å². The topological polar surface area (TPSA) is 151 Å². The summed E-state index contributed by atoms with van der Waals surface area (Å²) in [4.78, 5) is 29.1. The van der Waals surface area contributed by atoms with Crippen LogP contribution < -0.4 is 25.2 Å². The van der Waals surface area contributed by atoms with Crippen LogP contribution in [0.15, 0.2) is 53.3 Å². The van der Waals surface area contributed by atoms with Gasteiger partial charge in [0, 0.05) is 33.0 Å². The zero-order chi connectivity index (χ0) is 32.8. The number of halogens is 3. The predicted molar refractivity (Wildman–Crippen MR) is 184 cm³/mol. The van der Waals surface area contributed by atoms with Gasteiger partial charge in [-0.05, 0) is 49.1 Å². The average Bonchev–Trinajstić information content (AvgIpc) is 3.61. The summed E-state index contributed by atoms with van der Waals surface area (Å²) in [7, 11) is 0.0658. The summed E-state index contributed by atoms with van der Waals surface area (Å²) in [5.41, 5.74) is 7.75. The van der Waals surface area contributed by atoms with Gasteiger partial charge in [0.05, 0.1) is 19.0 Å². The third kappa shape index (κ3) is 8.71. The van der Waals surface area contributed by atoms with Crippen molar-refractivity contribution in [1.29, 1.82) is 0 Å². The predicted octanol–water partition coefficient (Wildman–Crippen LogP) is 6.28. The number of nitrogens with one attached hydrogen (secondary N) is 2. The molecule has 4 atom stereocenters. The van der Waals surface area contributed by atoms with Crippen molar-refractivity contribution in [3.63, 3.8) is 0 Å². The zero-order valence-electron chi connectivity index (χ0n) is 25.0. The molecule has 5 rings (SSSR count). The molecule has 0 radical (unpaired) electrons. The minimum atomic E-state index is -1.76. The van der Waals surface area contributed by atoms with Gasteiger partial charge >= 0.3 is 14.5 Å². The van der Waals surface area contributed by atoms with E-state index in [4.69, 9.17) is 47.5 Å². The average molecular weight is 774 g/mol. The van der Waals surface area contributed by atoms with Crippen LogP contribution >= 0.6 is 59.6 Å². The Kier molecular flexibility index (Phi) is 12.2. The SMILES string of the molecule is CSNN(C)c1nc(N)nc2c1ncn2C1OC(COP(NCC(=O)OCc2c(Cl)cccc2Cl)Oc2ccc(Br)cc2)CC1C. The number of carbonyl (C=O) groups excluding carboxylic acids is 1. The van der Waals surface area contributed by atoms with Gasteiger partial charge in [-0.25, -0.2) is 10.1 Å². The number of anilines is 2. The van der Waals surface area contributed by atoms with E-state index in [0.29, 0.717) is 44.8 Å². The Labute approximate surface area is 290 Å². The van der Waals surface area contributed by atoms with Crippen LogP contribution in [0.2, 0.25) is 10.0 Å². The van der Waals surface area contributed by atoms with Gasteiger partial charge < -0.3 is 24.3 Å². The van der Waals surface area contributed by atoms with E-state index in [9.17, 15) is 4.79 Å². The van der Waals surface area contributed by atoms with Gasteiger partial charge in [0.1, 0.15) is 25.1 Å². The number of rotatable bonds is 14. The molecule has 4 aromatic rings. The third-order valence-electron chi connectivity index (χ3n) is 6.87. The molecule has 1 aliphatic heterocycles. The Hall–Kier alpha value is -2.46. The third-order valence-corrected chi connectivity index (χ3v) is 9.73. The Bertz CT molecular complexity index is 1640. The van der Waals surface area contributed by atoms with Crippen LogP contribution in [0.4, 0.5) is 11.8 Å². The lowest BCUT2D eigenvalue weighted by Gasteiger charge is -2.21. The lowest BCUT2D eigenvalue weighted by molar-refractivity contribution is -0.143. The number of hydrogen-bond donors (Lipinski definition) is 3. The molecule has 2 aromatic carbocycles. The molecule has 0 aliphatic carbocycles. The highest BCUT2D eigenvalue weighted by Crippen LogP contribution is 2.40. The number of ether oxygens (including phenoxy) is 2. The molecule has 0 amide bonds. The molecule has 1 aliphatic rings. The molecule has 18 heteroatoms. The second-order valence-corrected chi connectivity index (χ2v) is 13.8. The molecule has 46 heavy (non-hydrogen) atoms. The quantitative estimate of drug-likeness (QED) is 0.0572. The summed E-state index contributed by atoms with van der Waals surface area (Å²) >= 11 is 17.2. The smallest absolute Gasteiger partial charge is 0.320 e. The minimum Gasteiger partial charge on any atom is -0.460 e. The van der Waals surface area contributed by atoms with E-state index < -0.39 is 14.5 Å². The molecule has 0 saturated carbocycles. The standard InChI is InChI=1S/C28H32BrCl2N8O5PS/c1-16-11-19(43-27(16)39-15-33-24-25(38(2)37-46-3)35-28(32)36-26(24)39)13-42-45(44-18-9-7-17(29)8-10-18)34-12-23(40)41-14-20-21(30)5-4-6-22(20)31/h4-10,15-16,19,27,34,37H,11-14H2,1-3H3,(H2,32,35,36). The number of imidazole rings is 1. The van der Waals surface area contributed by atoms with Gasteiger partial charge in [-0.15, -0.1) is 0 Å². The number of benzene rings is 2. The van der Waals surface area contributed by atoms with E-state index in [1.54, 1.807) is 41.7 Å². The van der Waals surface area contributed by atoms with E-state index in [1.807, 2.05) is 30.0 Å². The highest BCUT2D eigenvalue weighted by molar-refractivity contribution is 9.10. The second-order valence-electron chi connectivity index (χ2n) is 10.2. The summed E-state index contributed by atoms with van der Waals surface area (Å²) in [6.07, 6.45) is 3.66. The van der Waals surface area contributed by atoms with Crippen LogP contribution in [-0.4, -0.2) is 58.0 Å². The molecule has 1 fully saturated rings. The number of fused-ring (bicyclic) bond motifs is 1. The molecule has 1 saturated heterocycles. The van der Waals surface area contributed by atoms with E-state index in [2.05, 4.69) is 47.7 Å². The van der Waals surface area contributed by atoms with E-state index in [1.165, 1.54) is 11.9 Å². The van der Waals surface area contributed by atoms with Gasteiger partial charge in [0.2, 0.25) is 5.95 Å². The molecule has 3 heterocycles. The van der Waals surface area contributed by atoms with Crippen molar-refractivity contribution in [2.75, 3.05) is 37.2 Å².